The summed E-state index contributed by atoms with van der Waals surface area (Å²) >= 11 is 0. The Bertz CT molecular complexity index is 568. The zero-order valence-corrected chi connectivity index (χ0v) is 11.6. The predicted molar refractivity (Wildman–Crippen MR) is 74.9 cm³/mol. The van der Waals surface area contributed by atoms with Crippen LogP contribution in [0.5, 0.6) is 11.5 Å². The van der Waals surface area contributed by atoms with E-state index >= 15 is 0 Å². The first-order valence-electron chi connectivity index (χ1n) is 6.70. The van der Waals surface area contributed by atoms with Crippen LogP contribution < -0.4 is 14.8 Å². The molecule has 0 spiro atoms. The Hall–Kier alpha value is -2.08. The molecule has 2 heterocycles. The van der Waals surface area contributed by atoms with Gasteiger partial charge in [0.2, 0.25) is 0 Å². The summed E-state index contributed by atoms with van der Waals surface area (Å²) in [4.78, 5) is 4.59. The predicted octanol–water partition coefficient (Wildman–Crippen LogP) is 1.91. The SMILES string of the molecule is COc1cccc(OC)c1-c1n[nH]c(C2CCCN2)n1. The van der Waals surface area contributed by atoms with E-state index in [0.717, 1.165) is 24.4 Å². The fourth-order valence-electron chi connectivity index (χ4n) is 2.53. The third-order valence-electron chi connectivity index (χ3n) is 3.54. The fraction of sp³-hybridized carbons (Fsp3) is 0.429. The van der Waals surface area contributed by atoms with Crippen LogP contribution in [0.1, 0.15) is 24.7 Å². The Morgan fingerprint density at radius 3 is 2.55 bits per heavy atom. The lowest BCUT2D eigenvalue weighted by molar-refractivity contribution is 0.397. The lowest BCUT2D eigenvalue weighted by Crippen LogP contribution is -2.14. The maximum atomic E-state index is 5.39. The number of benzene rings is 1. The first kappa shape index (κ1) is 12.9. The number of aromatic nitrogens is 3. The molecule has 106 valence electrons. The van der Waals surface area contributed by atoms with Gasteiger partial charge in [-0.25, -0.2) is 4.98 Å². The molecule has 0 radical (unpaired) electrons. The quantitative estimate of drug-likeness (QED) is 0.891. The average molecular weight is 274 g/mol. The summed E-state index contributed by atoms with van der Waals surface area (Å²) < 4.78 is 10.8. The van der Waals surface area contributed by atoms with Crippen molar-refractivity contribution in [2.75, 3.05) is 20.8 Å². The van der Waals surface area contributed by atoms with E-state index in [1.54, 1.807) is 14.2 Å². The number of nitrogens with zero attached hydrogens (tertiary/aromatic N) is 2. The highest BCUT2D eigenvalue weighted by molar-refractivity contribution is 5.71. The molecule has 1 atom stereocenters. The first-order valence-corrected chi connectivity index (χ1v) is 6.70. The second-order valence-corrected chi connectivity index (χ2v) is 4.73. The first-order chi connectivity index (χ1) is 9.83. The van der Waals surface area contributed by atoms with Crippen molar-refractivity contribution in [3.63, 3.8) is 0 Å². The number of hydrogen-bond donors (Lipinski definition) is 2. The highest BCUT2D eigenvalue weighted by Gasteiger charge is 2.22. The van der Waals surface area contributed by atoms with E-state index in [1.165, 1.54) is 6.42 Å². The van der Waals surface area contributed by atoms with Gasteiger partial charge in [0.25, 0.3) is 0 Å². The van der Waals surface area contributed by atoms with Gasteiger partial charge < -0.3 is 14.8 Å². The minimum Gasteiger partial charge on any atom is -0.496 e. The molecule has 3 rings (SSSR count). The minimum atomic E-state index is 0.261. The average Bonchev–Trinajstić information content (AvgIpc) is 3.16. The maximum Gasteiger partial charge on any atom is 0.188 e. The Kier molecular flexibility index (Phi) is 3.56. The number of methoxy groups -OCH3 is 2. The summed E-state index contributed by atoms with van der Waals surface area (Å²) in [6.45, 7) is 1.03. The van der Waals surface area contributed by atoms with Gasteiger partial charge in [-0.3, -0.25) is 5.10 Å². The van der Waals surface area contributed by atoms with Crippen molar-refractivity contribution >= 4 is 0 Å². The zero-order chi connectivity index (χ0) is 13.9. The molecule has 0 bridgehead atoms. The van der Waals surface area contributed by atoms with E-state index in [4.69, 9.17) is 9.47 Å². The van der Waals surface area contributed by atoms with Gasteiger partial charge in [-0.2, -0.15) is 5.10 Å². The van der Waals surface area contributed by atoms with Crippen molar-refractivity contribution in [3.8, 4) is 22.9 Å². The topological polar surface area (TPSA) is 72.1 Å². The van der Waals surface area contributed by atoms with E-state index in [0.29, 0.717) is 17.3 Å². The van der Waals surface area contributed by atoms with Crippen LogP contribution >= 0.6 is 0 Å². The highest BCUT2D eigenvalue weighted by Crippen LogP contribution is 2.36. The Balaban J connectivity index is 2.00. The van der Waals surface area contributed by atoms with Crippen LogP contribution in [-0.4, -0.2) is 35.9 Å². The summed E-state index contributed by atoms with van der Waals surface area (Å²) in [6.07, 6.45) is 2.25. The van der Waals surface area contributed by atoms with Gasteiger partial charge in [-0.15, -0.1) is 0 Å². The van der Waals surface area contributed by atoms with Crippen molar-refractivity contribution in [1.29, 1.82) is 0 Å². The lowest BCUT2D eigenvalue weighted by Gasteiger charge is -2.10. The van der Waals surface area contributed by atoms with Crippen molar-refractivity contribution in [1.82, 2.24) is 20.5 Å². The number of hydrogen-bond acceptors (Lipinski definition) is 5. The van der Waals surface area contributed by atoms with Crippen LogP contribution in [0.25, 0.3) is 11.4 Å². The molecule has 1 saturated heterocycles. The molecular weight excluding hydrogens is 256 g/mol. The van der Waals surface area contributed by atoms with Crippen molar-refractivity contribution in [2.45, 2.75) is 18.9 Å². The van der Waals surface area contributed by atoms with Crippen LogP contribution in [0.3, 0.4) is 0 Å². The summed E-state index contributed by atoms with van der Waals surface area (Å²) in [5.74, 6) is 2.87. The van der Waals surface area contributed by atoms with E-state index in [2.05, 4.69) is 20.5 Å². The number of H-pyrrole nitrogens is 1. The molecular formula is C14H18N4O2. The van der Waals surface area contributed by atoms with E-state index in [-0.39, 0.29) is 6.04 Å². The third kappa shape index (κ3) is 2.22. The standard InChI is InChI=1S/C14H18N4O2/c1-19-10-6-3-7-11(20-2)12(10)14-16-13(17-18-14)9-5-4-8-15-9/h3,6-7,9,15H,4-5,8H2,1-2H3,(H,16,17,18). The largest absolute Gasteiger partial charge is 0.496 e. The Morgan fingerprint density at radius 1 is 1.20 bits per heavy atom. The molecule has 1 unspecified atom stereocenters. The molecule has 6 nitrogen and oxygen atoms in total. The highest BCUT2D eigenvalue weighted by atomic mass is 16.5. The smallest absolute Gasteiger partial charge is 0.188 e. The summed E-state index contributed by atoms with van der Waals surface area (Å²) in [7, 11) is 3.26. The molecule has 2 aromatic rings. The van der Waals surface area contributed by atoms with Gasteiger partial charge in [0.05, 0.1) is 20.3 Å². The molecule has 20 heavy (non-hydrogen) atoms. The molecule has 2 N–H and O–H groups in total. The van der Waals surface area contributed by atoms with E-state index in [1.807, 2.05) is 18.2 Å². The molecule has 6 heteroatoms. The number of rotatable bonds is 4. The second kappa shape index (κ2) is 5.50. The van der Waals surface area contributed by atoms with Crippen molar-refractivity contribution < 1.29 is 9.47 Å². The van der Waals surface area contributed by atoms with Gasteiger partial charge >= 0.3 is 0 Å². The van der Waals surface area contributed by atoms with Crippen LogP contribution in [0.15, 0.2) is 18.2 Å². The van der Waals surface area contributed by atoms with Gasteiger partial charge in [-0.1, -0.05) is 6.07 Å². The van der Waals surface area contributed by atoms with Crippen LogP contribution in [0, 0.1) is 0 Å². The van der Waals surface area contributed by atoms with E-state index in [9.17, 15) is 0 Å². The summed E-state index contributed by atoms with van der Waals surface area (Å²) in [6, 6.07) is 5.90. The second-order valence-electron chi connectivity index (χ2n) is 4.73. The number of aromatic amines is 1. The number of ether oxygens (including phenoxy) is 2. The lowest BCUT2D eigenvalue weighted by atomic mass is 10.1. The number of nitrogens with one attached hydrogen (secondary N) is 2. The third-order valence-corrected chi connectivity index (χ3v) is 3.54. The van der Waals surface area contributed by atoms with Gasteiger partial charge in [0.15, 0.2) is 5.82 Å². The van der Waals surface area contributed by atoms with Gasteiger partial charge in [0.1, 0.15) is 22.9 Å². The summed E-state index contributed by atoms with van der Waals surface area (Å²) in [5.41, 5.74) is 0.776. The molecule has 1 aromatic carbocycles. The van der Waals surface area contributed by atoms with Crippen LogP contribution in [0.2, 0.25) is 0 Å². The molecule has 1 aliphatic heterocycles. The van der Waals surface area contributed by atoms with Crippen molar-refractivity contribution in [3.05, 3.63) is 24.0 Å². The van der Waals surface area contributed by atoms with Crippen molar-refractivity contribution in [2.24, 2.45) is 0 Å². The Morgan fingerprint density at radius 2 is 1.95 bits per heavy atom. The summed E-state index contributed by atoms with van der Waals surface area (Å²) in [5, 5.41) is 10.7. The van der Waals surface area contributed by atoms with Gasteiger partial charge in [0, 0.05) is 0 Å². The molecule has 0 saturated carbocycles. The molecule has 0 aliphatic carbocycles. The minimum absolute atomic E-state index is 0.261. The molecule has 0 amide bonds. The fourth-order valence-corrected chi connectivity index (χ4v) is 2.53. The molecule has 1 fully saturated rings. The Labute approximate surface area is 117 Å². The monoisotopic (exact) mass is 274 g/mol. The molecule has 1 aromatic heterocycles. The maximum absolute atomic E-state index is 5.39. The van der Waals surface area contributed by atoms with Crippen LogP contribution in [-0.2, 0) is 0 Å². The zero-order valence-electron chi connectivity index (χ0n) is 11.6. The normalized spacial score (nSPS) is 18.2. The molecule has 1 aliphatic rings. The van der Waals surface area contributed by atoms with Gasteiger partial charge in [-0.05, 0) is 31.5 Å². The van der Waals surface area contributed by atoms with E-state index < -0.39 is 0 Å². The van der Waals surface area contributed by atoms with Crippen LogP contribution in [0.4, 0.5) is 0 Å².